The van der Waals surface area contributed by atoms with Crippen LogP contribution < -0.4 is 10.6 Å². The van der Waals surface area contributed by atoms with Crippen LogP contribution in [0.15, 0.2) is 12.1 Å². The van der Waals surface area contributed by atoms with Gasteiger partial charge in [-0.2, -0.15) is 0 Å². The number of carboxylic acids is 1. The van der Waals surface area contributed by atoms with E-state index in [0.29, 0.717) is 17.3 Å². The molecule has 3 N–H and O–H groups in total. The van der Waals surface area contributed by atoms with E-state index in [1.165, 1.54) is 18.3 Å². The SMILES string of the molecule is C[C@H](NC(=O)NCCc1ccc(Cl)s1)C(=O)O. The molecule has 0 aromatic carbocycles. The van der Waals surface area contributed by atoms with Gasteiger partial charge in [0.1, 0.15) is 6.04 Å². The summed E-state index contributed by atoms with van der Waals surface area (Å²) >= 11 is 7.22. The molecular formula is C10H13ClN2O3S. The third-order valence-electron chi connectivity index (χ3n) is 2.00. The van der Waals surface area contributed by atoms with Crippen molar-refractivity contribution in [2.45, 2.75) is 19.4 Å². The molecule has 0 saturated heterocycles. The minimum Gasteiger partial charge on any atom is -0.480 e. The fourth-order valence-corrected chi connectivity index (χ4v) is 2.18. The standard InChI is InChI=1S/C10H13ClN2O3S/c1-6(9(14)15)13-10(16)12-5-4-7-2-3-8(11)17-7/h2-3,6H,4-5H2,1H3,(H,14,15)(H2,12,13,16)/t6-/m0/s1. The molecule has 94 valence electrons. The van der Waals surface area contributed by atoms with E-state index in [2.05, 4.69) is 10.6 Å². The summed E-state index contributed by atoms with van der Waals surface area (Å²) in [6.07, 6.45) is 0.673. The Hall–Kier alpha value is -1.27. The molecule has 0 saturated carbocycles. The molecule has 0 aliphatic rings. The molecule has 7 heteroatoms. The summed E-state index contributed by atoms with van der Waals surface area (Å²) in [6, 6.07) is 2.31. The maximum atomic E-state index is 11.2. The number of halogens is 1. The first-order valence-electron chi connectivity index (χ1n) is 5.00. The number of aliphatic carboxylic acids is 1. The quantitative estimate of drug-likeness (QED) is 0.766. The van der Waals surface area contributed by atoms with E-state index in [-0.39, 0.29) is 0 Å². The Morgan fingerprint density at radius 1 is 1.53 bits per heavy atom. The largest absolute Gasteiger partial charge is 0.480 e. The summed E-state index contributed by atoms with van der Waals surface area (Å²) < 4.78 is 0.712. The Labute approximate surface area is 108 Å². The topological polar surface area (TPSA) is 78.4 Å². The van der Waals surface area contributed by atoms with Crippen LogP contribution in [0.4, 0.5) is 4.79 Å². The lowest BCUT2D eigenvalue weighted by atomic mass is 10.3. The Balaban J connectivity index is 2.22. The lowest BCUT2D eigenvalue weighted by Crippen LogP contribution is -2.44. The van der Waals surface area contributed by atoms with Gasteiger partial charge >= 0.3 is 12.0 Å². The number of urea groups is 1. The van der Waals surface area contributed by atoms with Crippen molar-refractivity contribution < 1.29 is 14.7 Å². The number of carboxylic acid groups (broad SMARTS) is 1. The van der Waals surface area contributed by atoms with Gasteiger partial charge in [-0.25, -0.2) is 4.79 Å². The molecule has 0 spiro atoms. The number of carbonyl (C=O) groups excluding carboxylic acids is 1. The highest BCUT2D eigenvalue weighted by Gasteiger charge is 2.12. The van der Waals surface area contributed by atoms with Crippen LogP contribution in [0.25, 0.3) is 0 Å². The molecule has 0 bridgehead atoms. The number of hydrogen-bond acceptors (Lipinski definition) is 3. The normalized spacial score (nSPS) is 11.9. The Morgan fingerprint density at radius 3 is 2.76 bits per heavy atom. The number of thiophene rings is 1. The number of hydrogen-bond donors (Lipinski definition) is 3. The van der Waals surface area contributed by atoms with Gasteiger partial charge in [0.2, 0.25) is 0 Å². The Bertz CT molecular complexity index is 408. The molecule has 1 heterocycles. The number of rotatable bonds is 5. The van der Waals surface area contributed by atoms with Crippen molar-refractivity contribution in [2.24, 2.45) is 0 Å². The molecule has 0 unspecified atom stereocenters. The van der Waals surface area contributed by atoms with Crippen molar-refractivity contribution in [3.63, 3.8) is 0 Å². The highest BCUT2D eigenvalue weighted by molar-refractivity contribution is 7.16. The summed E-state index contributed by atoms with van der Waals surface area (Å²) in [5, 5.41) is 13.5. The lowest BCUT2D eigenvalue weighted by Gasteiger charge is -2.10. The molecule has 1 aromatic heterocycles. The number of nitrogens with one attached hydrogen (secondary N) is 2. The van der Waals surface area contributed by atoms with E-state index in [0.717, 1.165) is 4.88 Å². The molecule has 17 heavy (non-hydrogen) atoms. The van der Waals surface area contributed by atoms with Gasteiger partial charge in [0.25, 0.3) is 0 Å². The molecule has 1 aromatic rings. The Kier molecular flexibility index (Phi) is 5.24. The van der Waals surface area contributed by atoms with E-state index in [1.807, 2.05) is 6.07 Å². The summed E-state index contributed by atoms with van der Waals surface area (Å²) in [5.41, 5.74) is 0. The maximum absolute atomic E-state index is 11.2. The minimum absolute atomic E-state index is 0.439. The van der Waals surface area contributed by atoms with Crippen LogP contribution in [0.5, 0.6) is 0 Å². The van der Waals surface area contributed by atoms with E-state index < -0.39 is 18.0 Å². The van der Waals surface area contributed by atoms with Crippen LogP contribution >= 0.6 is 22.9 Å². The van der Waals surface area contributed by atoms with Gasteiger partial charge in [-0.1, -0.05) is 11.6 Å². The fourth-order valence-electron chi connectivity index (χ4n) is 1.09. The van der Waals surface area contributed by atoms with Crippen LogP contribution in [-0.2, 0) is 11.2 Å². The van der Waals surface area contributed by atoms with Crippen LogP contribution in [0.1, 0.15) is 11.8 Å². The van der Waals surface area contributed by atoms with Gasteiger partial charge < -0.3 is 15.7 Å². The van der Waals surface area contributed by atoms with E-state index in [1.54, 1.807) is 6.07 Å². The summed E-state index contributed by atoms with van der Waals surface area (Å²) in [4.78, 5) is 22.8. The van der Waals surface area contributed by atoms with Crippen molar-refractivity contribution >= 4 is 34.9 Å². The van der Waals surface area contributed by atoms with Crippen LogP contribution in [-0.4, -0.2) is 29.7 Å². The molecule has 0 aliphatic carbocycles. The van der Waals surface area contributed by atoms with Gasteiger partial charge in [0.05, 0.1) is 4.34 Å². The first-order chi connectivity index (χ1) is 7.99. The second kappa shape index (κ2) is 6.46. The van der Waals surface area contributed by atoms with Gasteiger partial charge in [0.15, 0.2) is 0 Å². The van der Waals surface area contributed by atoms with Gasteiger partial charge in [0, 0.05) is 11.4 Å². The van der Waals surface area contributed by atoms with E-state index in [9.17, 15) is 9.59 Å². The highest BCUT2D eigenvalue weighted by Crippen LogP contribution is 2.21. The third kappa shape index (κ3) is 5.06. The predicted octanol–water partition coefficient (Wildman–Crippen LogP) is 1.72. The zero-order chi connectivity index (χ0) is 12.8. The molecule has 1 atom stereocenters. The van der Waals surface area contributed by atoms with E-state index in [4.69, 9.17) is 16.7 Å². The zero-order valence-electron chi connectivity index (χ0n) is 9.20. The highest BCUT2D eigenvalue weighted by atomic mass is 35.5. The zero-order valence-corrected chi connectivity index (χ0v) is 10.8. The number of amides is 2. The Morgan fingerprint density at radius 2 is 2.24 bits per heavy atom. The first-order valence-corrected chi connectivity index (χ1v) is 6.20. The third-order valence-corrected chi connectivity index (χ3v) is 3.29. The fraction of sp³-hybridized carbons (Fsp3) is 0.400. The van der Waals surface area contributed by atoms with Crippen molar-refractivity contribution in [2.75, 3.05) is 6.54 Å². The molecular weight excluding hydrogens is 264 g/mol. The van der Waals surface area contributed by atoms with E-state index >= 15 is 0 Å². The van der Waals surface area contributed by atoms with Crippen LogP contribution in [0.3, 0.4) is 0 Å². The van der Waals surface area contributed by atoms with Gasteiger partial charge in [-0.05, 0) is 25.5 Å². The predicted molar refractivity (Wildman–Crippen MR) is 66.7 cm³/mol. The van der Waals surface area contributed by atoms with Crippen molar-refractivity contribution in [3.05, 3.63) is 21.3 Å². The summed E-state index contributed by atoms with van der Waals surface area (Å²) in [7, 11) is 0. The van der Waals surface area contributed by atoms with Crippen LogP contribution in [0, 0.1) is 0 Å². The van der Waals surface area contributed by atoms with Gasteiger partial charge in [-0.3, -0.25) is 4.79 Å². The van der Waals surface area contributed by atoms with Crippen molar-refractivity contribution in [3.8, 4) is 0 Å². The number of carbonyl (C=O) groups is 2. The molecule has 0 aliphatic heterocycles. The molecule has 5 nitrogen and oxygen atoms in total. The first kappa shape index (κ1) is 13.8. The minimum atomic E-state index is -1.06. The van der Waals surface area contributed by atoms with Crippen LogP contribution in [0.2, 0.25) is 4.34 Å². The molecule has 0 radical (unpaired) electrons. The molecule has 0 fully saturated rings. The summed E-state index contributed by atoms with van der Waals surface area (Å²) in [6.45, 7) is 1.84. The van der Waals surface area contributed by atoms with Gasteiger partial charge in [-0.15, -0.1) is 11.3 Å². The second-order valence-corrected chi connectivity index (χ2v) is 5.22. The molecule has 2 amide bonds. The summed E-state index contributed by atoms with van der Waals surface area (Å²) in [5.74, 6) is -1.06. The monoisotopic (exact) mass is 276 g/mol. The maximum Gasteiger partial charge on any atom is 0.325 e. The van der Waals surface area contributed by atoms with Crippen molar-refractivity contribution in [1.82, 2.24) is 10.6 Å². The average Bonchev–Trinajstić information content (AvgIpc) is 2.64. The second-order valence-electron chi connectivity index (χ2n) is 3.42. The van der Waals surface area contributed by atoms with Crippen molar-refractivity contribution in [1.29, 1.82) is 0 Å². The molecule has 1 rings (SSSR count). The smallest absolute Gasteiger partial charge is 0.325 e. The average molecular weight is 277 g/mol. The lowest BCUT2D eigenvalue weighted by molar-refractivity contribution is -0.138.